The number of benzene rings is 2. The quantitative estimate of drug-likeness (QED) is 0.504. The molecule has 0 spiro atoms. The third kappa shape index (κ3) is 3.60. The van der Waals surface area contributed by atoms with Crippen molar-refractivity contribution in [3.8, 4) is 17.3 Å². The first-order valence-electron chi connectivity index (χ1n) is 9.83. The molecule has 0 bridgehead atoms. The van der Waals surface area contributed by atoms with E-state index in [4.69, 9.17) is 0 Å². The molecular formula is C25H23N3O. The number of aryl methyl sites for hydroxylation is 1. The van der Waals surface area contributed by atoms with Gasteiger partial charge in [0, 0.05) is 23.0 Å². The Morgan fingerprint density at radius 3 is 2.66 bits per heavy atom. The zero-order valence-corrected chi connectivity index (χ0v) is 16.6. The number of fused-ring (bicyclic) bond motifs is 1. The van der Waals surface area contributed by atoms with E-state index in [0.717, 1.165) is 38.9 Å². The van der Waals surface area contributed by atoms with Crippen molar-refractivity contribution in [2.24, 2.45) is 0 Å². The van der Waals surface area contributed by atoms with Crippen molar-refractivity contribution in [3.05, 3.63) is 93.9 Å². The van der Waals surface area contributed by atoms with Gasteiger partial charge in [0.15, 0.2) is 0 Å². The highest BCUT2D eigenvalue weighted by Crippen LogP contribution is 2.31. The molecule has 0 aliphatic heterocycles. The summed E-state index contributed by atoms with van der Waals surface area (Å²) in [6, 6.07) is 22.6. The molecule has 29 heavy (non-hydrogen) atoms. The smallest absolute Gasteiger partial charge is 0.251 e. The van der Waals surface area contributed by atoms with Crippen LogP contribution >= 0.6 is 0 Å². The number of hydrogen-bond acceptors (Lipinski definition) is 2. The molecule has 0 aliphatic rings. The fourth-order valence-corrected chi connectivity index (χ4v) is 3.83. The number of pyridine rings is 1. The van der Waals surface area contributed by atoms with E-state index in [1.54, 1.807) is 0 Å². The average Bonchev–Trinajstić information content (AvgIpc) is 3.28. The molecule has 4 heteroatoms. The number of nitrogens with zero attached hydrogens (tertiary/aromatic N) is 1. The Morgan fingerprint density at radius 1 is 1.07 bits per heavy atom. The SMILES string of the molecule is CCc1cc2ccc(C(C)(C#N)Cc3cccc(-c4ccc[nH]4)c3)cc2[nH]c1=O. The predicted molar refractivity (Wildman–Crippen MR) is 117 cm³/mol. The van der Waals surface area contributed by atoms with Crippen LogP contribution in [0.3, 0.4) is 0 Å². The van der Waals surface area contributed by atoms with Crippen LogP contribution in [0.5, 0.6) is 0 Å². The molecule has 0 radical (unpaired) electrons. The maximum Gasteiger partial charge on any atom is 0.251 e. The van der Waals surface area contributed by atoms with Crippen LogP contribution in [0.15, 0.2) is 71.7 Å². The summed E-state index contributed by atoms with van der Waals surface area (Å²) in [7, 11) is 0. The molecule has 1 unspecified atom stereocenters. The monoisotopic (exact) mass is 381 g/mol. The van der Waals surface area contributed by atoms with E-state index in [1.165, 1.54) is 0 Å². The van der Waals surface area contributed by atoms with Crippen molar-refractivity contribution >= 4 is 10.9 Å². The highest BCUT2D eigenvalue weighted by atomic mass is 16.1. The molecule has 4 nitrogen and oxygen atoms in total. The third-order valence-electron chi connectivity index (χ3n) is 5.58. The second-order valence-corrected chi connectivity index (χ2v) is 7.68. The highest BCUT2D eigenvalue weighted by Gasteiger charge is 2.27. The summed E-state index contributed by atoms with van der Waals surface area (Å²) in [5, 5.41) is 11.0. The van der Waals surface area contributed by atoms with Crippen LogP contribution in [0.2, 0.25) is 0 Å². The summed E-state index contributed by atoms with van der Waals surface area (Å²) >= 11 is 0. The number of aromatic amines is 2. The Kier molecular flexibility index (Phi) is 4.82. The molecule has 144 valence electrons. The first kappa shape index (κ1) is 18.8. The highest BCUT2D eigenvalue weighted by molar-refractivity contribution is 5.80. The molecule has 0 saturated heterocycles. The van der Waals surface area contributed by atoms with Gasteiger partial charge >= 0.3 is 0 Å². The van der Waals surface area contributed by atoms with Gasteiger partial charge in [0.05, 0.1) is 11.5 Å². The molecule has 1 atom stereocenters. The largest absolute Gasteiger partial charge is 0.361 e. The lowest BCUT2D eigenvalue weighted by atomic mass is 9.78. The summed E-state index contributed by atoms with van der Waals surface area (Å²) in [6.07, 6.45) is 3.18. The molecule has 2 heterocycles. The number of hydrogen-bond donors (Lipinski definition) is 2. The number of aromatic nitrogens is 2. The van der Waals surface area contributed by atoms with E-state index in [1.807, 2.05) is 62.5 Å². The average molecular weight is 381 g/mol. The molecule has 4 aromatic rings. The topological polar surface area (TPSA) is 72.4 Å². The number of nitrogens with one attached hydrogen (secondary N) is 2. The second-order valence-electron chi connectivity index (χ2n) is 7.68. The summed E-state index contributed by atoms with van der Waals surface area (Å²) in [6.45, 7) is 3.92. The van der Waals surface area contributed by atoms with Crippen LogP contribution in [-0.4, -0.2) is 9.97 Å². The predicted octanol–water partition coefficient (Wildman–Crippen LogP) is 5.11. The van der Waals surface area contributed by atoms with E-state index in [0.29, 0.717) is 12.8 Å². The molecule has 0 amide bonds. The van der Waals surface area contributed by atoms with Gasteiger partial charge in [-0.25, -0.2) is 0 Å². The van der Waals surface area contributed by atoms with Gasteiger partial charge in [-0.2, -0.15) is 5.26 Å². The van der Waals surface area contributed by atoms with E-state index in [9.17, 15) is 10.1 Å². The van der Waals surface area contributed by atoms with Crippen molar-refractivity contribution < 1.29 is 0 Å². The van der Waals surface area contributed by atoms with Gasteiger partial charge < -0.3 is 9.97 Å². The summed E-state index contributed by atoms with van der Waals surface area (Å²) in [4.78, 5) is 18.4. The summed E-state index contributed by atoms with van der Waals surface area (Å²) in [5.74, 6) is 0. The minimum atomic E-state index is -0.705. The molecule has 2 N–H and O–H groups in total. The van der Waals surface area contributed by atoms with Crippen molar-refractivity contribution in [2.45, 2.75) is 32.1 Å². The van der Waals surface area contributed by atoms with Crippen LogP contribution in [0.4, 0.5) is 0 Å². The molecule has 4 rings (SSSR count). The molecule has 2 aromatic heterocycles. The zero-order valence-electron chi connectivity index (χ0n) is 16.6. The number of rotatable bonds is 5. The van der Waals surface area contributed by atoms with E-state index < -0.39 is 5.41 Å². The van der Waals surface area contributed by atoms with Crippen LogP contribution in [0.25, 0.3) is 22.2 Å². The normalized spacial score (nSPS) is 13.1. The van der Waals surface area contributed by atoms with E-state index in [-0.39, 0.29) is 5.56 Å². The lowest BCUT2D eigenvalue weighted by molar-refractivity contribution is 0.607. The van der Waals surface area contributed by atoms with E-state index >= 15 is 0 Å². The van der Waals surface area contributed by atoms with Crippen LogP contribution in [0.1, 0.15) is 30.5 Å². The number of nitriles is 1. The first-order valence-corrected chi connectivity index (χ1v) is 9.83. The van der Waals surface area contributed by atoms with Gasteiger partial charge in [-0.15, -0.1) is 0 Å². The minimum Gasteiger partial charge on any atom is -0.361 e. The number of H-pyrrole nitrogens is 2. The molecule has 0 fully saturated rings. The van der Waals surface area contributed by atoms with Crippen LogP contribution in [0, 0.1) is 11.3 Å². The Hall–Kier alpha value is -3.58. The van der Waals surface area contributed by atoms with Crippen molar-refractivity contribution in [1.29, 1.82) is 5.26 Å². The van der Waals surface area contributed by atoms with E-state index in [2.05, 4.69) is 34.2 Å². The molecule has 0 aliphatic carbocycles. The summed E-state index contributed by atoms with van der Waals surface area (Å²) < 4.78 is 0. The molecule has 2 aromatic carbocycles. The standard InChI is InChI=1S/C25H23N3O/c1-3-18-13-20-9-10-21(14-23(20)28-24(18)29)25(2,16-26)15-17-6-4-7-19(12-17)22-8-5-11-27-22/h4-14,27H,3,15H2,1-2H3,(H,28,29). The fraction of sp³-hybridized carbons (Fsp3) is 0.200. The lowest BCUT2D eigenvalue weighted by Gasteiger charge is -2.23. The van der Waals surface area contributed by atoms with Crippen molar-refractivity contribution in [3.63, 3.8) is 0 Å². The molecule has 0 saturated carbocycles. The van der Waals surface area contributed by atoms with Gasteiger partial charge in [0.2, 0.25) is 0 Å². The zero-order chi connectivity index (χ0) is 20.4. The Balaban J connectivity index is 1.71. The van der Waals surface area contributed by atoms with Gasteiger partial charge in [-0.05, 0) is 72.2 Å². The Labute approximate surface area is 169 Å². The van der Waals surface area contributed by atoms with Crippen molar-refractivity contribution in [1.82, 2.24) is 9.97 Å². The van der Waals surface area contributed by atoms with Crippen LogP contribution in [-0.2, 0) is 18.3 Å². The van der Waals surface area contributed by atoms with Crippen LogP contribution < -0.4 is 5.56 Å². The van der Waals surface area contributed by atoms with Gasteiger partial charge in [0.1, 0.15) is 0 Å². The van der Waals surface area contributed by atoms with Gasteiger partial charge in [-0.1, -0.05) is 37.3 Å². The first-order chi connectivity index (χ1) is 14.0. The lowest BCUT2D eigenvalue weighted by Crippen LogP contribution is -2.23. The third-order valence-corrected chi connectivity index (χ3v) is 5.58. The minimum absolute atomic E-state index is 0.0607. The van der Waals surface area contributed by atoms with Crippen molar-refractivity contribution in [2.75, 3.05) is 0 Å². The van der Waals surface area contributed by atoms with Gasteiger partial charge in [0.25, 0.3) is 5.56 Å². The summed E-state index contributed by atoms with van der Waals surface area (Å²) in [5.41, 5.74) is 4.93. The van der Waals surface area contributed by atoms with Gasteiger partial charge in [-0.3, -0.25) is 4.79 Å². The maximum absolute atomic E-state index is 12.2. The Bertz CT molecular complexity index is 1260. The second kappa shape index (κ2) is 7.44. The Morgan fingerprint density at radius 2 is 1.93 bits per heavy atom. The fourth-order valence-electron chi connectivity index (χ4n) is 3.83. The molecular weight excluding hydrogens is 358 g/mol. The maximum atomic E-state index is 12.2.